The Labute approximate surface area is 173 Å². The van der Waals surface area contributed by atoms with Crippen LogP contribution in [0.3, 0.4) is 0 Å². The van der Waals surface area contributed by atoms with Crippen LogP contribution in [-0.4, -0.2) is 49.3 Å². The van der Waals surface area contributed by atoms with Gasteiger partial charge in [-0.1, -0.05) is 12.1 Å². The molecule has 5 rings (SSSR count). The van der Waals surface area contributed by atoms with E-state index in [0.29, 0.717) is 17.2 Å². The Balaban J connectivity index is 1.32. The monoisotopic (exact) mass is 410 g/mol. The SMILES string of the molecule is CC(=O)NCC1CN(c2ccc(C34CC3CN(c3ccccn3)C4)c(F)c2)C(=O)O1. The minimum absolute atomic E-state index is 0.181. The number of amides is 2. The number of pyridine rings is 1. The van der Waals surface area contributed by atoms with Gasteiger partial charge in [0.15, 0.2) is 0 Å². The van der Waals surface area contributed by atoms with Crippen LogP contribution < -0.4 is 15.1 Å². The fraction of sp³-hybridized carbons (Fsp3) is 0.409. The summed E-state index contributed by atoms with van der Waals surface area (Å²) < 4.78 is 20.4. The van der Waals surface area contributed by atoms with Crippen molar-refractivity contribution in [2.24, 2.45) is 5.92 Å². The van der Waals surface area contributed by atoms with Crippen molar-refractivity contribution in [3.8, 4) is 0 Å². The number of benzene rings is 1. The Kier molecular flexibility index (Phi) is 4.38. The molecule has 30 heavy (non-hydrogen) atoms. The highest BCUT2D eigenvalue weighted by Gasteiger charge is 2.62. The molecule has 0 radical (unpaired) electrons. The Morgan fingerprint density at radius 1 is 1.33 bits per heavy atom. The third-order valence-electron chi connectivity index (χ3n) is 6.37. The second-order valence-corrected chi connectivity index (χ2v) is 8.34. The third kappa shape index (κ3) is 3.16. The smallest absolute Gasteiger partial charge is 0.414 e. The van der Waals surface area contributed by atoms with Gasteiger partial charge < -0.3 is 15.0 Å². The summed E-state index contributed by atoms with van der Waals surface area (Å²) in [5.74, 6) is 0.857. The maximum atomic E-state index is 15.2. The molecule has 1 N–H and O–H groups in total. The van der Waals surface area contributed by atoms with Gasteiger partial charge in [0.25, 0.3) is 0 Å². The Morgan fingerprint density at radius 3 is 2.93 bits per heavy atom. The standard InChI is InChI=1S/C22H23FN4O3/c1-14(28)25-10-17-12-27(21(29)30-17)16-5-6-18(19(23)8-16)22-9-15(22)11-26(13-22)20-4-2-3-7-24-20/h2-8,15,17H,9-13H2,1H3,(H,25,28). The fourth-order valence-electron chi connectivity index (χ4n) is 4.79. The molecule has 3 heterocycles. The number of hydrogen-bond donors (Lipinski definition) is 1. The van der Waals surface area contributed by atoms with E-state index < -0.39 is 12.2 Å². The van der Waals surface area contributed by atoms with Gasteiger partial charge in [0.2, 0.25) is 5.91 Å². The molecular formula is C22H23FN4O3. The Morgan fingerprint density at radius 2 is 2.20 bits per heavy atom. The van der Waals surface area contributed by atoms with Gasteiger partial charge in [-0.25, -0.2) is 14.2 Å². The molecule has 0 spiro atoms. The van der Waals surface area contributed by atoms with E-state index >= 15 is 4.39 Å². The molecule has 156 valence electrons. The van der Waals surface area contributed by atoms with Crippen molar-refractivity contribution in [2.75, 3.05) is 36.0 Å². The first-order valence-corrected chi connectivity index (χ1v) is 10.1. The number of anilines is 2. The van der Waals surface area contributed by atoms with Crippen LogP contribution in [0.5, 0.6) is 0 Å². The van der Waals surface area contributed by atoms with E-state index in [-0.39, 0.29) is 30.2 Å². The topological polar surface area (TPSA) is 74.8 Å². The van der Waals surface area contributed by atoms with Gasteiger partial charge >= 0.3 is 6.09 Å². The molecule has 3 aliphatic rings. The van der Waals surface area contributed by atoms with Gasteiger partial charge in [-0.3, -0.25) is 9.69 Å². The minimum Gasteiger partial charge on any atom is -0.442 e. The molecule has 2 aliphatic heterocycles. The van der Waals surface area contributed by atoms with E-state index in [2.05, 4.69) is 15.2 Å². The highest BCUT2D eigenvalue weighted by molar-refractivity contribution is 5.90. The number of hydrogen-bond acceptors (Lipinski definition) is 5. The Bertz CT molecular complexity index is 1000. The number of piperidine rings is 1. The van der Waals surface area contributed by atoms with Gasteiger partial charge in [0.1, 0.15) is 17.7 Å². The number of rotatable bonds is 5. The molecule has 2 aromatic rings. The lowest BCUT2D eigenvalue weighted by molar-refractivity contribution is -0.119. The van der Waals surface area contributed by atoms with Crippen molar-refractivity contribution in [1.29, 1.82) is 0 Å². The summed E-state index contributed by atoms with van der Waals surface area (Å²) in [6, 6.07) is 10.8. The minimum atomic E-state index is -0.526. The first-order valence-electron chi connectivity index (χ1n) is 10.1. The van der Waals surface area contributed by atoms with Gasteiger partial charge in [-0.05, 0) is 42.2 Å². The van der Waals surface area contributed by atoms with Gasteiger partial charge in [0.05, 0.1) is 18.8 Å². The number of halogens is 1. The van der Waals surface area contributed by atoms with Crippen molar-refractivity contribution in [3.63, 3.8) is 0 Å². The molecule has 1 aliphatic carbocycles. The lowest BCUT2D eigenvalue weighted by Crippen LogP contribution is -2.33. The molecule has 1 aromatic heterocycles. The normalized spacial score (nSPS) is 27.1. The van der Waals surface area contributed by atoms with Crippen LogP contribution in [0.4, 0.5) is 20.7 Å². The van der Waals surface area contributed by atoms with E-state index in [0.717, 1.165) is 25.3 Å². The highest BCUT2D eigenvalue weighted by Crippen LogP contribution is 2.60. The summed E-state index contributed by atoms with van der Waals surface area (Å²) in [5.41, 5.74) is 0.997. The lowest BCUT2D eigenvalue weighted by atomic mass is 9.94. The second kappa shape index (κ2) is 6.97. The van der Waals surface area contributed by atoms with Crippen LogP contribution in [0.1, 0.15) is 18.9 Å². The molecular weight excluding hydrogens is 387 g/mol. The number of nitrogens with zero attached hydrogens (tertiary/aromatic N) is 3. The van der Waals surface area contributed by atoms with Crippen molar-refractivity contribution in [2.45, 2.75) is 24.9 Å². The van der Waals surface area contributed by atoms with Crippen LogP contribution >= 0.6 is 0 Å². The average Bonchev–Trinajstić information content (AvgIpc) is 3.09. The number of carbonyl (C=O) groups is 2. The van der Waals surface area contributed by atoms with Crippen molar-refractivity contribution >= 4 is 23.5 Å². The van der Waals surface area contributed by atoms with Crippen LogP contribution in [0.2, 0.25) is 0 Å². The first-order chi connectivity index (χ1) is 14.5. The van der Waals surface area contributed by atoms with Crippen molar-refractivity contribution < 1.29 is 18.7 Å². The zero-order chi connectivity index (χ0) is 20.9. The highest BCUT2D eigenvalue weighted by atomic mass is 19.1. The predicted molar refractivity (Wildman–Crippen MR) is 109 cm³/mol. The van der Waals surface area contributed by atoms with Crippen molar-refractivity contribution in [1.82, 2.24) is 10.3 Å². The molecule has 3 atom stereocenters. The fourth-order valence-corrected chi connectivity index (χ4v) is 4.79. The predicted octanol–water partition coefficient (Wildman–Crippen LogP) is 2.46. The van der Waals surface area contributed by atoms with E-state index in [4.69, 9.17) is 4.74 Å². The maximum absolute atomic E-state index is 15.2. The van der Waals surface area contributed by atoms with Gasteiger partial charge in [0, 0.05) is 31.6 Å². The van der Waals surface area contributed by atoms with Crippen LogP contribution in [0, 0.1) is 11.7 Å². The van der Waals surface area contributed by atoms with Crippen LogP contribution in [-0.2, 0) is 14.9 Å². The molecule has 8 heteroatoms. The number of cyclic esters (lactones) is 1. The first kappa shape index (κ1) is 18.8. The molecule has 7 nitrogen and oxygen atoms in total. The summed E-state index contributed by atoms with van der Waals surface area (Å²) >= 11 is 0. The summed E-state index contributed by atoms with van der Waals surface area (Å²) in [4.78, 5) is 31.3. The molecule has 3 fully saturated rings. The Hall–Kier alpha value is -3.16. The zero-order valence-electron chi connectivity index (χ0n) is 16.7. The molecule has 1 aromatic carbocycles. The molecule has 1 saturated carbocycles. The average molecular weight is 410 g/mol. The number of ether oxygens (including phenoxy) is 1. The zero-order valence-corrected chi connectivity index (χ0v) is 16.7. The molecule has 2 amide bonds. The van der Waals surface area contributed by atoms with Gasteiger partial charge in [-0.2, -0.15) is 0 Å². The second-order valence-electron chi connectivity index (χ2n) is 8.34. The lowest BCUT2D eigenvalue weighted by Gasteiger charge is -2.23. The van der Waals surface area contributed by atoms with E-state index in [9.17, 15) is 9.59 Å². The summed E-state index contributed by atoms with van der Waals surface area (Å²) in [6.45, 7) is 3.55. The van der Waals surface area contributed by atoms with E-state index in [1.165, 1.54) is 17.9 Å². The number of nitrogens with one attached hydrogen (secondary N) is 1. The molecule has 0 bridgehead atoms. The third-order valence-corrected chi connectivity index (χ3v) is 6.37. The molecule has 3 unspecified atom stereocenters. The summed E-state index contributed by atoms with van der Waals surface area (Å²) in [5, 5.41) is 2.64. The largest absolute Gasteiger partial charge is 0.442 e. The summed E-state index contributed by atoms with van der Waals surface area (Å²) in [6.07, 6.45) is 1.77. The number of carbonyl (C=O) groups excluding carboxylic acids is 2. The maximum Gasteiger partial charge on any atom is 0.414 e. The van der Waals surface area contributed by atoms with Crippen molar-refractivity contribution in [3.05, 3.63) is 54.0 Å². The van der Waals surface area contributed by atoms with Gasteiger partial charge in [-0.15, -0.1) is 0 Å². The van der Waals surface area contributed by atoms with Crippen LogP contribution in [0.15, 0.2) is 42.6 Å². The number of aromatic nitrogens is 1. The molecule has 2 saturated heterocycles. The summed E-state index contributed by atoms with van der Waals surface area (Å²) in [7, 11) is 0. The number of fused-ring (bicyclic) bond motifs is 1. The van der Waals surface area contributed by atoms with Crippen LogP contribution in [0.25, 0.3) is 0 Å². The van der Waals surface area contributed by atoms with E-state index in [1.54, 1.807) is 18.3 Å². The van der Waals surface area contributed by atoms with E-state index in [1.807, 2.05) is 18.2 Å². The quantitative estimate of drug-likeness (QED) is 0.820.